The third-order valence-corrected chi connectivity index (χ3v) is 2.03. The van der Waals surface area contributed by atoms with Gasteiger partial charge in [-0.25, -0.2) is 4.68 Å². The van der Waals surface area contributed by atoms with Crippen LogP contribution in [-0.4, -0.2) is 21.3 Å². The van der Waals surface area contributed by atoms with Crippen molar-refractivity contribution in [2.45, 2.75) is 6.42 Å². The fraction of sp³-hybridized carbons (Fsp3) is 0.222. The number of hydrogen-bond acceptors (Lipinski definition) is 3. The van der Waals surface area contributed by atoms with Gasteiger partial charge in [-0.1, -0.05) is 17.3 Å². The lowest BCUT2D eigenvalue weighted by Gasteiger charge is -1.95. The van der Waals surface area contributed by atoms with Gasteiger partial charge in [0.25, 0.3) is 0 Å². The van der Waals surface area contributed by atoms with Crippen LogP contribution in [0.4, 0.5) is 0 Å². The minimum Gasteiger partial charge on any atom is -0.303 e. The third kappa shape index (κ3) is 1.20. The number of aryl methyl sites for hydroxylation is 1. The monoisotopic (exact) mass is 175 g/mol. The molecule has 0 spiro atoms. The van der Waals surface area contributed by atoms with Gasteiger partial charge in [0.1, 0.15) is 11.8 Å². The second-order valence-corrected chi connectivity index (χ2v) is 2.87. The highest BCUT2D eigenvalue weighted by molar-refractivity contribution is 5.80. The third-order valence-electron chi connectivity index (χ3n) is 2.03. The topological polar surface area (TPSA) is 47.8 Å². The predicted octanol–water partition coefficient (Wildman–Crippen LogP) is 0.710. The van der Waals surface area contributed by atoms with Crippen LogP contribution >= 0.6 is 0 Å². The van der Waals surface area contributed by atoms with Crippen LogP contribution in [0, 0.1) is 0 Å². The van der Waals surface area contributed by atoms with E-state index in [1.165, 1.54) is 0 Å². The number of nitrogens with zero attached hydrogens (tertiary/aromatic N) is 3. The number of aromatic nitrogens is 3. The number of benzene rings is 1. The molecule has 4 heteroatoms. The summed E-state index contributed by atoms with van der Waals surface area (Å²) in [6.07, 6.45) is 1.28. The van der Waals surface area contributed by atoms with Crippen molar-refractivity contribution < 1.29 is 4.79 Å². The normalized spacial score (nSPS) is 10.5. The summed E-state index contributed by atoms with van der Waals surface area (Å²) in [6, 6.07) is 5.74. The highest BCUT2D eigenvalue weighted by atomic mass is 16.1. The molecule has 0 fully saturated rings. The Balaban J connectivity index is 2.69. The maximum atomic E-state index is 10.4. The molecule has 0 aliphatic rings. The van der Waals surface area contributed by atoms with Crippen LogP contribution in [-0.2, 0) is 18.3 Å². The van der Waals surface area contributed by atoms with Crippen LogP contribution in [0.5, 0.6) is 0 Å². The Labute approximate surface area is 75.2 Å². The van der Waals surface area contributed by atoms with Crippen LogP contribution in [0.25, 0.3) is 11.0 Å². The molecule has 13 heavy (non-hydrogen) atoms. The molecule has 2 rings (SSSR count). The summed E-state index contributed by atoms with van der Waals surface area (Å²) >= 11 is 0. The van der Waals surface area contributed by atoms with Crippen molar-refractivity contribution in [3.63, 3.8) is 0 Å². The molecule has 0 aliphatic carbocycles. The smallest absolute Gasteiger partial charge is 0.124 e. The Morgan fingerprint density at radius 2 is 2.38 bits per heavy atom. The van der Waals surface area contributed by atoms with Gasteiger partial charge in [0.05, 0.1) is 5.52 Å². The van der Waals surface area contributed by atoms with Gasteiger partial charge in [0, 0.05) is 13.5 Å². The van der Waals surface area contributed by atoms with Gasteiger partial charge in [-0.2, -0.15) is 0 Å². The molecule has 0 aliphatic heterocycles. The van der Waals surface area contributed by atoms with Crippen molar-refractivity contribution in [2.75, 3.05) is 0 Å². The van der Waals surface area contributed by atoms with E-state index in [0.29, 0.717) is 6.42 Å². The fourth-order valence-electron chi connectivity index (χ4n) is 1.37. The molecule has 2 aromatic rings. The first kappa shape index (κ1) is 7.91. The summed E-state index contributed by atoms with van der Waals surface area (Å²) in [5.41, 5.74) is 2.71. The van der Waals surface area contributed by atoms with Gasteiger partial charge in [0.15, 0.2) is 0 Å². The Morgan fingerprint density at radius 1 is 1.54 bits per heavy atom. The first-order valence-corrected chi connectivity index (χ1v) is 4.04. The van der Waals surface area contributed by atoms with Gasteiger partial charge >= 0.3 is 0 Å². The van der Waals surface area contributed by atoms with E-state index in [0.717, 1.165) is 22.9 Å². The second-order valence-electron chi connectivity index (χ2n) is 2.87. The largest absolute Gasteiger partial charge is 0.303 e. The van der Waals surface area contributed by atoms with Crippen LogP contribution in [0.3, 0.4) is 0 Å². The van der Waals surface area contributed by atoms with Crippen molar-refractivity contribution in [3.8, 4) is 0 Å². The van der Waals surface area contributed by atoms with Crippen molar-refractivity contribution in [1.29, 1.82) is 0 Å². The molecule has 0 amide bonds. The lowest BCUT2D eigenvalue weighted by atomic mass is 10.1. The van der Waals surface area contributed by atoms with Crippen molar-refractivity contribution in [2.24, 2.45) is 7.05 Å². The van der Waals surface area contributed by atoms with Crippen LogP contribution in [0.2, 0.25) is 0 Å². The summed E-state index contributed by atoms with van der Waals surface area (Å²) in [6.45, 7) is 0. The van der Waals surface area contributed by atoms with E-state index in [1.54, 1.807) is 4.68 Å². The Bertz CT molecular complexity index is 447. The van der Waals surface area contributed by atoms with Crippen molar-refractivity contribution in [1.82, 2.24) is 15.0 Å². The molecule has 0 unspecified atom stereocenters. The zero-order chi connectivity index (χ0) is 9.26. The molecule has 0 bridgehead atoms. The minimum absolute atomic E-state index is 0.399. The van der Waals surface area contributed by atoms with E-state index in [-0.39, 0.29) is 0 Å². The lowest BCUT2D eigenvalue weighted by Crippen LogP contribution is -1.90. The first-order chi connectivity index (χ1) is 6.33. The van der Waals surface area contributed by atoms with Crippen molar-refractivity contribution in [3.05, 3.63) is 23.8 Å². The van der Waals surface area contributed by atoms with Crippen molar-refractivity contribution >= 4 is 17.3 Å². The summed E-state index contributed by atoms with van der Waals surface area (Å²) in [4.78, 5) is 10.4. The van der Waals surface area contributed by atoms with E-state index in [9.17, 15) is 4.79 Å². The number of fused-ring (bicyclic) bond motifs is 1. The SMILES string of the molecule is Cn1nnc2c(CC=O)cccc21. The molecule has 66 valence electrons. The number of carbonyl (C=O) groups is 1. The van der Waals surface area contributed by atoms with Crippen LogP contribution in [0.1, 0.15) is 5.56 Å². The number of carbonyl (C=O) groups excluding carboxylic acids is 1. The molecular formula is C9H9N3O. The molecule has 0 saturated carbocycles. The Hall–Kier alpha value is -1.71. The Kier molecular flexibility index (Phi) is 1.81. The highest BCUT2D eigenvalue weighted by Gasteiger charge is 2.04. The molecule has 0 saturated heterocycles. The maximum Gasteiger partial charge on any atom is 0.124 e. The minimum atomic E-state index is 0.399. The maximum absolute atomic E-state index is 10.4. The van der Waals surface area contributed by atoms with Gasteiger partial charge in [-0.3, -0.25) is 0 Å². The molecule has 1 heterocycles. The molecule has 0 atom stereocenters. The zero-order valence-electron chi connectivity index (χ0n) is 7.27. The average molecular weight is 175 g/mol. The van der Waals surface area contributed by atoms with Crippen LogP contribution < -0.4 is 0 Å². The van der Waals surface area contributed by atoms with Crippen LogP contribution in [0.15, 0.2) is 18.2 Å². The Morgan fingerprint density at radius 3 is 3.15 bits per heavy atom. The molecule has 0 radical (unpaired) electrons. The molecule has 4 nitrogen and oxygen atoms in total. The quantitative estimate of drug-likeness (QED) is 0.631. The average Bonchev–Trinajstić information content (AvgIpc) is 2.50. The molecule has 1 aromatic heterocycles. The van der Waals surface area contributed by atoms with E-state index >= 15 is 0 Å². The van der Waals surface area contributed by atoms with Gasteiger partial charge in [0.2, 0.25) is 0 Å². The van der Waals surface area contributed by atoms with Gasteiger partial charge in [-0.05, 0) is 11.6 Å². The highest BCUT2D eigenvalue weighted by Crippen LogP contribution is 2.14. The van der Waals surface area contributed by atoms with E-state index in [1.807, 2.05) is 25.2 Å². The number of rotatable bonds is 2. The fourth-order valence-corrected chi connectivity index (χ4v) is 1.37. The standard InChI is InChI=1S/C9H9N3O/c1-12-8-4-2-3-7(5-6-13)9(8)10-11-12/h2-4,6H,5H2,1H3. The predicted molar refractivity (Wildman–Crippen MR) is 48.3 cm³/mol. The molecule has 0 N–H and O–H groups in total. The van der Waals surface area contributed by atoms with E-state index in [4.69, 9.17) is 0 Å². The lowest BCUT2D eigenvalue weighted by molar-refractivity contribution is -0.107. The summed E-state index contributed by atoms with van der Waals surface area (Å²) in [5.74, 6) is 0. The molecular weight excluding hydrogens is 166 g/mol. The second kappa shape index (κ2) is 2.97. The molecule has 1 aromatic carbocycles. The number of aldehydes is 1. The van der Waals surface area contributed by atoms with Gasteiger partial charge in [-0.15, -0.1) is 5.10 Å². The summed E-state index contributed by atoms with van der Waals surface area (Å²) < 4.78 is 1.70. The zero-order valence-corrected chi connectivity index (χ0v) is 7.27. The summed E-state index contributed by atoms with van der Waals surface area (Å²) in [7, 11) is 1.83. The van der Waals surface area contributed by atoms with E-state index in [2.05, 4.69) is 10.3 Å². The number of hydrogen-bond donors (Lipinski definition) is 0. The van der Waals surface area contributed by atoms with Gasteiger partial charge < -0.3 is 4.79 Å². The summed E-state index contributed by atoms with van der Waals surface area (Å²) in [5, 5.41) is 7.88. The van der Waals surface area contributed by atoms with E-state index < -0.39 is 0 Å². The first-order valence-electron chi connectivity index (χ1n) is 4.04.